The second kappa shape index (κ2) is 7.69. The molecule has 0 bridgehead atoms. The van der Waals surface area contributed by atoms with Gasteiger partial charge < -0.3 is 10.5 Å². The minimum atomic E-state index is -0.777. The third-order valence-electron chi connectivity index (χ3n) is 2.72. The molecule has 0 spiro atoms. The molecule has 1 aromatic heterocycles. The molecule has 0 fully saturated rings. The van der Waals surface area contributed by atoms with Crippen LogP contribution in [0.25, 0.3) is 0 Å². The molecule has 0 atom stereocenters. The highest BCUT2D eigenvalue weighted by atomic mass is 32.1. The van der Waals surface area contributed by atoms with Crippen molar-refractivity contribution in [2.24, 2.45) is 5.10 Å². The highest BCUT2D eigenvalue weighted by Crippen LogP contribution is 2.22. The maximum atomic E-state index is 14.2. The molecule has 0 unspecified atom stereocenters. The van der Waals surface area contributed by atoms with Crippen molar-refractivity contribution in [2.45, 2.75) is 19.8 Å². The number of hydrogen-bond donors (Lipinski definition) is 2. The predicted molar refractivity (Wildman–Crippen MR) is 84.5 cm³/mol. The highest BCUT2D eigenvalue weighted by Gasteiger charge is 2.13. The first-order valence-electron chi connectivity index (χ1n) is 6.72. The monoisotopic (exact) mass is 326 g/mol. The second-order valence-corrected chi connectivity index (χ2v) is 5.28. The Labute approximate surface area is 130 Å². The quantitative estimate of drug-likeness (QED) is 0.463. The number of nitrogens with zero attached hydrogens (tertiary/aromatic N) is 2. The molecule has 0 saturated carbocycles. The van der Waals surface area contributed by atoms with Crippen LogP contribution in [0.4, 0.5) is 19.7 Å². The predicted octanol–water partition coefficient (Wildman–Crippen LogP) is 3.63. The molecule has 0 saturated heterocycles. The molecule has 2 aromatic rings. The lowest BCUT2D eigenvalue weighted by molar-refractivity contribution is 0.293. The zero-order valence-electron chi connectivity index (χ0n) is 12.0. The second-order valence-electron chi connectivity index (χ2n) is 4.42. The van der Waals surface area contributed by atoms with E-state index in [4.69, 9.17) is 10.5 Å². The van der Waals surface area contributed by atoms with E-state index in [1.807, 2.05) is 6.92 Å². The number of hydrogen-bond acceptors (Lipinski definition) is 6. The van der Waals surface area contributed by atoms with Crippen molar-refractivity contribution in [3.63, 3.8) is 0 Å². The summed E-state index contributed by atoms with van der Waals surface area (Å²) >= 11 is 1.24. The number of unbranched alkanes of at least 4 members (excludes halogenated alkanes) is 1. The summed E-state index contributed by atoms with van der Waals surface area (Å²) in [6.07, 6.45) is 2.78. The Morgan fingerprint density at radius 3 is 2.95 bits per heavy atom. The van der Waals surface area contributed by atoms with E-state index in [2.05, 4.69) is 15.5 Å². The van der Waals surface area contributed by atoms with Gasteiger partial charge in [-0.2, -0.15) is 5.10 Å². The molecule has 0 aliphatic heterocycles. The van der Waals surface area contributed by atoms with Gasteiger partial charge in [0, 0.05) is 5.38 Å². The van der Waals surface area contributed by atoms with E-state index in [0.29, 0.717) is 17.6 Å². The summed E-state index contributed by atoms with van der Waals surface area (Å²) in [6, 6.07) is 2.42. The maximum Gasteiger partial charge on any atom is 0.205 e. The first-order valence-corrected chi connectivity index (χ1v) is 7.60. The van der Waals surface area contributed by atoms with Crippen LogP contribution in [0, 0.1) is 11.6 Å². The van der Waals surface area contributed by atoms with Crippen molar-refractivity contribution in [3.8, 4) is 5.75 Å². The fraction of sp³-hybridized carbons (Fsp3) is 0.286. The van der Waals surface area contributed by atoms with Crippen molar-refractivity contribution < 1.29 is 13.5 Å². The highest BCUT2D eigenvalue weighted by molar-refractivity contribution is 7.14. The minimum absolute atomic E-state index is 0.00907. The van der Waals surface area contributed by atoms with Crippen molar-refractivity contribution >= 4 is 28.5 Å². The van der Waals surface area contributed by atoms with Crippen LogP contribution in [0.2, 0.25) is 0 Å². The summed E-state index contributed by atoms with van der Waals surface area (Å²) < 4.78 is 33.2. The molecule has 5 nitrogen and oxygen atoms in total. The fourth-order valence-corrected chi connectivity index (χ4v) is 2.14. The summed E-state index contributed by atoms with van der Waals surface area (Å²) in [5, 5.41) is 5.83. The Morgan fingerprint density at radius 2 is 2.27 bits per heavy atom. The van der Waals surface area contributed by atoms with Crippen molar-refractivity contribution in [1.82, 2.24) is 4.98 Å². The number of anilines is 2. The molecular formula is C14H16F2N4OS. The van der Waals surface area contributed by atoms with Gasteiger partial charge >= 0.3 is 0 Å². The largest absolute Gasteiger partial charge is 0.490 e. The Kier molecular flexibility index (Phi) is 5.65. The average molecular weight is 326 g/mol. The van der Waals surface area contributed by atoms with Crippen molar-refractivity contribution in [1.29, 1.82) is 0 Å². The molecule has 2 rings (SSSR count). The summed E-state index contributed by atoms with van der Waals surface area (Å²) in [4.78, 5) is 3.91. The van der Waals surface area contributed by atoms with Crippen LogP contribution in [0.3, 0.4) is 0 Å². The summed E-state index contributed by atoms with van der Waals surface area (Å²) in [6.45, 7) is 2.38. The standard InChI is InChI=1S/C14H16F2N4OS/c1-2-3-6-21-11-5-4-10(15)9(13(11)16)7-18-20-14-19-12(17)8-22-14/h4-5,7-8H,2-3,6,17H2,1H3,(H,19,20). The van der Waals surface area contributed by atoms with E-state index >= 15 is 0 Å². The van der Waals surface area contributed by atoms with Crippen LogP contribution in [0.1, 0.15) is 25.3 Å². The van der Waals surface area contributed by atoms with E-state index < -0.39 is 11.6 Å². The third-order valence-corrected chi connectivity index (χ3v) is 3.49. The number of thiazole rings is 1. The number of nitrogens with two attached hydrogens (primary N) is 1. The number of halogens is 2. The Balaban J connectivity index is 2.10. The molecule has 0 aliphatic carbocycles. The molecule has 3 N–H and O–H groups in total. The molecule has 0 radical (unpaired) electrons. The zero-order chi connectivity index (χ0) is 15.9. The Hall–Kier alpha value is -2.22. The summed E-state index contributed by atoms with van der Waals surface area (Å²) in [7, 11) is 0. The number of rotatable bonds is 7. The SMILES string of the molecule is CCCCOc1ccc(F)c(C=NNc2nc(N)cs2)c1F. The molecule has 8 heteroatoms. The number of benzene rings is 1. The fourth-order valence-electron chi connectivity index (χ4n) is 1.60. The Bertz CT molecular complexity index is 660. The average Bonchev–Trinajstić information content (AvgIpc) is 2.90. The first-order chi connectivity index (χ1) is 10.6. The molecule has 22 heavy (non-hydrogen) atoms. The lowest BCUT2D eigenvalue weighted by atomic mass is 10.2. The van der Waals surface area contributed by atoms with Crippen LogP contribution >= 0.6 is 11.3 Å². The van der Waals surface area contributed by atoms with Crippen LogP contribution < -0.4 is 15.9 Å². The molecule has 1 aromatic carbocycles. The number of nitrogens with one attached hydrogen (secondary N) is 1. The van der Waals surface area contributed by atoms with Gasteiger partial charge in [0.15, 0.2) is 11.6 Å². The lowest BCUT2D eigenvalue weighted by Crippen LogP contribution is -2.03. The minimum Gasteiger partial charge on any atom is -0.490 e. The van der Waals surface area contributed by atoms with Crippen molar-refractivity contribution in [3.05, 3.63) is 34.7 Å². The van der Waals surface area contributed by atoms with E-state index in [0.717, 1.165) is 25.1 Å². The molecular weight excluding hydrogens is 310 g/mol. The molecule has 1 heterocycles. The van der Waals surface area contributed by atoms with E-state index in [-0.39, 0.29) is 11.3 Å². The van der Waals surface area contributed by atoms with Gasteiger partial charge in [0.1, 0.15) is 11.6 Å². The molecule has 0 aliphatic rings. The maximum absolute atomic E-state index is 14.2. The van der Waals surface area contributed by atoms with Crippen molar-refractivity contribution in [2.75, 3.05) is 17.8 Å². The number of nitrogen functional groups attached to an aromatic ring is 1. The summed E-state index contributed by atoms with van der Waals surface area (Å²) in [5.41, 5.74) is 7.75. The van der Waals surface area contributed by atoms with Crippen LogP contribution in [-0.2, 0) is 0 Å². The first kappa shape index (κ1) is 16.2. The van der Waals surface area contributed by atoms with Gasteiger partial charge in [-0.05, 0) is 18.6 Å². The lowest BCUT2D eigenvalue weighted by Gasteiger charge is -2.08. The normalized spacial score (nSPS) is 11.0. The summed E-state index contributed by atoms with van der Waals surface area (Å²) in [5.74, 6) is -1.13. The zero-order valence-corrected chi connectivity index (χ0v) is 12.8. The van der Waals surface area contributed by atoms with Crippen LogP contribution in [-0.4, -0.2) is 17.8 Å². The topological polar surface area (TPSA) is 72.5 Å². The Morgan fingerprint density at radius 1 is 1.45 bits per heavy atom. The van der Waals surface area contributed by atoms with Gasteiger partial charge in [0.2, 0.25) is 5.13 Å². The van der Waals surface area contributed by atoms with Gasteiger partial charge in [-0.1, -0.05) is 13.3 Å². The van der Waals surface area contributed by atoms with Gasteiger partial charge in [0.05, 0.1) is 18.4 Å². The van der Waals surface area contributed by atoms with E-state index in [1.165, 1.54) is 17.4 Å². The van der Waals surface area contributed by atoms with Crippen LogP contribution in [0.15, 0.2) is 22.6 Å². The third kappa shape index (κ3) is 4.14. The van der Waals surface area contributed by atoms with Gasteiger partial charge in [-0.15, -0.1) is 11.3 Å². The number of hydrazone groups is 1. The number of aromatic nitrogens is 1. The van der Waals surface area contributed by atoms with E-state index in [1.54, 1.807) is 5.38 Å². The van der Waals surface area contributed by atoms with Gasteiger partial charge in [-0.25, -0.2) is 13.8 Å². The molecule has 118 valence electrons. The smallest absolute Gasteiger partial charge is 0.205 e. The molecule has 0 amide bonds. The number of ether oxygens (including phenoxy) is 1. The van der Waals surface area contributed by atoms with Gasteiger partial charge in [0.25, 0.3) is 0 Å². The van der Waals surface area contributed by atoms with Gasteiger partial charge in [-0.3, -0.25) is 5.43 Å². The van der Waals surface area contributed by atoms with Crippen LogP contribution in [0.5, 0.6) is 5.75 Å². The van der Waals surface area contributed by atoms with E-state index in [9.17, 15) is 8.78 Å².